The fraction of sp³-hybridized carbons (Fsp3) is 0. The summed E-state index contributed by atoms with van der Waals surface area (Å²) in [6, 6.07) is 18.1. The van der Waals surface area contributed by atoms with Crippen LogP contribution in [0.5, 0.6) is 0 Å². The number of aromatic nitrogens is 1. The predicted molar refractivity (Wildman–Crippen MR) is 105 cm³/mol. The molecule has 0 aliphatic rings. The van der Waals surface area contributed by atoms with Gasteiger partial charge in [-0.2, -0.15) is 5.10 Å². The Morgan fingerprint density at radius 1 is 1.12 bits per heavy atom. The van der Waals surface area contributed by atoms with Crippen molar-refractivity contribution in [1.82, 2.24) is 9.99 Å². The summed E-state index contributed by atoms with van der Waals surface area (Å²) in [6.07, 6.45) is 3.49. The number of nitrogens with one attached hydrogen (secondary N) is 2. The van der Waals surface area contributed by atoms with Crippen LogP contribution in [-0.2, 0) is 0 Å². The second-order valence-corrected chi connectivity index (χ2v) is 6.47. The van der Waals surface area contributed by atoms with E-state index in [1.807, 2.05) is 59.3 Å². The van der Waals surface area contributed by atoms with Crippen LogP contribution in [0.25, 0.3) is 5.69 Å². The quantitative estimate of drug-likeness (QED) is 0.453. The third kappa shape index (κ3) is 4.71. The van der Waals surface area contributed by atoms with E-state index in [2.05, 4.69) is 31.8 Å². The van der Waals surface area contributed by atoms with Gasteiger partial charge in [-0.05, 0) is 54.6 Å². The molecule has 25 heavy (non-hydrogen) atoms. The van der Waals surface area contributed by atoms with E-state index >= 15 is 0 Å². The predicted octanol–water partition coefficient (Wildman–Crippen LogP) is 5.05. The van der Waals surface area contributed by atoms with E-state index < -0.39 is 6.03 Å². The highest BCUT2D eigenvalue weighted by atomic mass is 79.9. The van der Waals surface area contributed by atoms with Crippen LogP contribution < -0.4 is 10.7 Å². The molecule has 0 aliphatic carbocycles. The molecule has 2 N–H and O–H groups in total. The van der Waals surface area contributed by atoms with Gasteiger partial charge in [0.15, 0.2) is 0 Å². The van der Waals surface area contributed by atoms with Crippen LogP contribution in [0.2, 0.25) is 5.02 Å². The molecule has 5 nitrogen and oxygen atoms in total. The first-order valence-corrected chi connectivity index (χ1v) is 8.58. The van der Waals surface area contributed by atoms with E-state index in [0.717, 1.165) is 15.9 Å². The number of hydrogen-bond acceptors (Lipinski definition) is 2. The average Bonchev–Trinajstić information content (AvgIpc) is 3.04. The van der Waals surface area contributed by atoms with Gasteiger partial charge in [0.1, 0.15) is 0 Å². The maximum absolute atomic E-state index is 11.9. The maximum atomic E-state index is 11.9. The minimum atomic E-state index is -0.418. The molecular formula is C18H14BrClN4O. The first-order chi connectivity index (χ1) is 12.1. The second kappa shape index (κ2) is 8.00. The normalized spacial score (nSPS) is 10.8. The fourth-order valence-electron chi connectivity index (χ4n) is 2.22. The number of urea groups is 1. The molecule has 0 spiro atoms. The first-order valence-electron chi connectivity index (χ1n) is 7.41. The molecule has 0 bridgehead atoms. The molecule has 0 fully saturated rings. The molecule has 0 saturated carbocycles. The molecule has 1 aromatic heterocycles. The van der Waals surface area contributed by atoms with Crippen LogP contribution in [0, 0.1) is 0 Å². The lowest BCUT2D eigenvalue weighted by molar-refractivity contribution is 0.252. The van der Waals surface area contributed by atoms with Gasteiger partial charge in [-0.15, -0.1) is 0 Å². The molecule has 0 atom stereocenters. The summed E-state index contributed by atoms with van der Waals surface area (Å²) in [7, 11) is 0. The van der Waals surface area contributed by atoms with Gasteiger partial charge in [-0.1, -0.05) is 33.6 Å². The topological polar surface area (TPSA) is 58.4 Å². The van der Waals surface area contributed by atoms with E-state index in [-0.39, 0.29) is 0 Å². The molecular weight excluding hydrogens is 404 g/mol. The van der Waals surface area contributed by atoms with Crippen LogP contribution in [0.1, 0.15) is 5.69 Å². The standard InChI is InChI=1S/C18H14BrClN4O/c19-13-3-1-4-15(11-13)22-18(25)23-21-12-17-5-2-10-24(17)16-8-6-14(20)7-9-16/h1-12H,(H2,22,23,25)/b21-12+. The number of rotatable bonds is 4. The summed E-state index contributed by atoms with van der Waals surface area (Å²) >= 11 is 9.27. The lowest BCUT2D eigenvalue weighted by Crippen LogP contribution is -2.24. The number of halogens is 2. The third-order valence-electron chi connectivity index (χ3n) is 3.33. The Kier molecular flexibility index (Phi) is 5.53. The number of amides is 2. The highest BCUT2D eigenvalue weighted by Crippen LogP contribution is 2.16. The Morgan fingerprint density at radius 2 is 1.92 bits per heavy atom. The number of anilines is 1. The van der Waals surface area contributed by atoms with Crippen molar-refractivity contribution in [1.29, 1.82) is 0 Å². The summed E-state index contributed by atoms with van der Waals surface area (Å²) in [5.41, 5.74) is 4.90. The van der Waals surface area contributed by atoms with E-state index in [0.29, 0.717) is 10.7 Å². The van der Waals surface area contributed by atoms with Gasteiger partial charge in [0.05, 0.1) is 11.9 Å². The highest BCUT2D eigenvalue weighted by Gasteiger charge is 2.03. The van der Waals surface area contributed by atoms with Crippen molar-refractivity contribution in [3.8, 4) is 5.69 Å². The molecule has 2 amide bonds. The van der Waals surface area contributed by atoms with Crippen molar-refractivity contribution in [2.45, 2.75) is 0 Å². The highest BCUT2D eigenvalue weighted by molar-refractivity contribution is 9.10. The molecule has 0 saturated heterocycles. The van der Waals surface area contributed by atoms with Gasteiger partial charge in [0, 0.05) is 27.1 Å². The van der Waals surface area contributed by atoms with Gasteiger partial charge in [-0.25, -0.2) is 10.2 Å². The molecule has 7 heteroatoms. The van der Waals surface area contributed by atoms with E-state index in [9.17, 15) is 4.79 Å². The Balaban J connectivity index is 1.64. The zero-order valence-electron chi connectivity index (χ0n) is 13.0. The number of benzene rings is 2. The van der Waals surface area contributed by atoms with Crippen molar-refractivity contribution in [2.24, 2.45) is 5.10 Å². The van der Waals surface area contributed by atoms with Crippen LogP contribution in [0.15, 0.2) is 76.4 Å². The number of carbonyl (C=O) groups is 1. The number of nitrogens with zero attached hydrogens (tertiary/aromatic N) is 2. The van der Waals surface area contributed by atoms with Crippen molar-refractivity contribution in [3.63, 3.8) is 0 Å². The monoisotopic (exact) mass is 416 g/mol. The number of carbonyl (C=O) groups excluding carboxylic acids is 1. The van der Waals surface area contributed by atoms with Crippen molar-refractivity contribution >= 4 is 45.5 Å². The second-order valence-electron chi connectivity index (χ2n) is 5.11. The van der Waals surface area contributed by atoms with Crippen LogP contribution in [0.4, 0.5) is 10.5 Å². The van der Waals surface area contributed by atoms with Crippen LogP contribution in [0.3, 0.4) is 0 Å². The molecule has 0 radical (unpaired) electrons. The first kappa shape index (κ1) is 17.3. The molecule has 3 rings (SSSR count). The number of hydrazone groups is 1. The van der Waals surface area contributed by atoms with E-state index in [4.69, 9.17) is 11.6 Å². The Morgan fingerprint density at radius 3 is 2.68 bits per heavy atom. The minimum absolute atomic E-state index is 0.418. The van der Waals surface area contributed by atoms with Crippen molar-refractivity contribution in [3.05, 3.63) is 82.0 Å². The van der Waals surface area contributed by atoms with Gasteiger partial charge in [0.2, 0.25) is 0 Å². The average molecular weight is 418 g/mol. The minimum Gasteiger partial charge on any atom is -0.316 e. The molecule has 0 unspecified atom stereocenters. The largest absolute Gasteiger partial charge is 0.339 e. The fourth-order valence-corrected chi connectivity index (χ4v) is 2.74. The molecule has 0 aliphatic heterocycles. The Hall–Kier alpha value is -2.57. The van der Waals surface area contributed by atoms with Gasteiger partial charge < -0.3 is 9.88 Å². The molecule has 2 aromatic carbocycles. The summed E-state index contributed by atoms with van der Waals surface area (Å²) < 4.78 is 2.82. The molecule has 126 valence electrons. The summed E-state index contributed by atoms with van der Waals surface area (Å²) in [6.45, 7) is 0. The maximum Gasteiger partial charge on any atom is 0.339 e. The zero-order valence-corrected chi connectivity index (χ0v) is 15.3. The summed E-state index contributed by atoms with van der Waals surface area (Å²) in [5, 5.41) is 7.37. The smallest absolute Gasteiger partial charge is 0.316 e. The lowest BCUT2D eigenvalue weighted by Gasteiger charge is -2.07. The van der Waals surface area contributed by atoms with Crippen LogP contribution in [-0.4, -0.2) is 16.8 Å². The molecule has 3 aromatic rings. The van der Waals surface area contributed by atoms with E-state index in [1.54, 1.807) is 18.3 Å². The van der Waals surface area contributed by atoms with Crippen molar-refractivity contribution in [2.75, 3.05) is 5.32 Å². The molecule has 1 heterocycles. The Bertz CT molecular complexity index is 905. The van der Waals surface area contributed by atoms with Gasteiger partial charge in [0.25, 0.3) is 0 Å². The van der Waals surface area contributed by atoms with Crippen molar-refractivity contribution < 1.29 is 4.79 Å². The lowest BCUT2D eigenvalue weighted by atomic mass is 10.3. The number of hydrogen-bond donors (Lipinski definition) is 2. The summed E-state index contributed by atoms with van der Waals surface area (Å²) in [5.74, 6) is 0. The SMILES string of the molecule is O=C(N/N=C/c1cccn1-c1ccc(Cl)cc1)Nc1cccc(Br)c1. The summed E-state index contributed by atoms with van der Waals surface area (Å²) in [4.78, 5) is 11.9. The van der Waals surface area contributed by atoms with E-state index in [1.165, 1.54) is 0 Å². The van der Waals surface area contributed by atoms with Crippen LogP contribution >= 0.6 is 27.5 Å². The Labute approximate surface area is 158 Å². The third-order valence-corrected chi connectivity index (χ3v) is 4.08. The van der Waals surface area contributed by atoms with Gasteiger partial charge in [-0.3, -0.25) is 0 Å². The van der Waals surface area contributed by atoms with Gasteiger partial charge >= 0.3 is 6.03 Å². The zero-order chi connectivity index (χ0) is 17.6.